The van der Waals surface area contributed by atoms with E-state index in [2.05, 4.69) is 208 Å². The summed E-state index contributed by atoms with van der Waals surface area (Å²) in [4.78, 5) is 14.8. The zero-order valence-corrected chi connectivity index (χ0v) is 36.0. The first kappa shape index (κ1) is 37.3. The molecule has 0 aliphatic rings. The SMILES string of the molecule is c1ccc(-c2cc(-c3ccccc3)nc(-n3c4ccccc4c4cc(-c5ccc6cc(-c7ccc8c(c7)c7ccccc7n8-c7ccc8oc9ccncc9c8c7)ccc6c5)ccc43)n2)cc1. The van der Waals surface area contributed by atoms with Crippen LogP contribution in [-0.2, 0) is 0 Å². The Bertz CT molecular complexity index is 4220. The molecule has 0 aliphatic heterocycles. The Balaban J connectivity index is 0.837. The third-order valence-electron chi connectivity index (χ3n) is 13.4. The van der Waals surface area contributed by atoms with Gasteiger partial charge >= 0.3 is 0 Å². The van der Waals surface area contributed by atoms with Gasteiger partial charge in [0.2, 0.25) is 5.95 Å². The summed E-state index contributed by atoms with van der Waals surface area (Å²) in [5.41, 5.74) is 15.8. The fourth-order valence-electron chi connectivity index (χ4n) is 10.2. The van der Waals surface area contributed by atoms with E-state index in [1.165, 1.54) is 38.2 Å². The van der Waals surface area contributed by atoms with Crippen LogP contribution in [0, 0.1) is 0 Å². The number of hydrogen-bond acceptors (Lipinski definition) is 4. The van der Waals surface area contributed by atoms with Crippen LogP contribution in [0.2, 0.25) is 0 Å². The molecule has 0 atom stereocenters. The molecule has 6 heteroatoms. The molecule has 0 aliphatic carbocycles. The maximum absolute atomic E-state index is 6.14. The summed E-state index contributed by atoms with van der Waals surface area (Å²) in [6, 6.07) is 75.7. The highest BCUT2D eigenvalue weighted by molar-refractivity contribution is 6.13. The van der Waals surface area contributed by atoms with Crippen molar-refractivity contribution >= 4 is 76.3 Å². The van der Waals surface area contributed by atoms with E-state index in [0.29, 0.717) is 5.95 Å². The Morgan fingerprint density at radius 1 is 0.328 bits per heavy atom. The molecule has 0 saturated carbocycles. The van der Waals surface area contributed by atoms with Gasteiger partial charge in [-0.1, -0.05) is 133 Å². The van der Waals surface area contributed by atoms with E-state index in [1.54, 1.807) is 6.20 Å². The van der Waals surface area contributed by atoms with Crippen LogP contribution < -0.4 is 0 Å². The van der Waals surface area contributed by atoms with Crippen LogP contribution >= 0.6 is 0 Å². The number of benzene rings is 9. The minimum atomic E-state index is 0.643. The summed E-state index contributed by atoms with van der Waals surface area (Å²) in [6.45, 7) is 0. The topological polar surface area (TPSA) is 61.7 Å². The van der Waals surface area contributed by atoms with Gasteiger partial charge in [0.05, 0.1) is 33.5 Å². The molecular formula is C61H37N5O. The lowest BCUT2D eigenvalue weighted by Gasteiger charge is -2.12. The third kappa shape index (κ3) is 6.00. The molecular weight excluding hydrogens is 819 g/mol. The van der Waals surface area contributed by atoms with Crippen molar-refractivity contribution in [1.82, 2.24) is 24.1 Å². The van der Waals surface area contributed by atoms with Crippen molar-refractivity contribution in [2.24, 2.45) is 0 Å². The Morgan fingerprint density at radius 2 is 0.836 bits per heavy atom. The van der Waals surface area contributed by atoms with Gasteiger partial charge in [-0.25, -0.2) is 9.97 Å². The fourth-order valence-corrected chi connectivity index (χ4v) is 10.2. The van der Waals surface area contributed by atoms with Crippen LogP contribution in [0.25, 0.3) is 133 Å². The molecule has 0 spiro atoms. The summed E-state index contributed by atoms with van der Waals surface area (Å²) in [6.07, 6.45) is 3.66. The third-order valence-corrected chi connectivity index (χ3v) is 13.4. The minimum absolute atomic E-state index is 0.643. The largest absolute Gasteiger partial charge is 0.456 e. The van der Waals surface area contributed by atoms with Crippen molar-refractivity contribution in [3.8, 4) is 56.4 Å². The van der Waals surface area contributed by atoms with Gasteiger partial charge < -0.3 is 8.98 Å². The molecule has 5 aromatic heterocycles. The molecule has 0 saturated heterocycles. The monoisotopic (exact) mass is 855 g/mol. The van der Waals surface area contributed by atoms with E-state index in [-0.39, 0.29) is 0 Å². The first-order chi connectivity index (χ1) is 33.2. The number of para-hydroxylation sites is 2. The molecule has 67 heavy (non-hydrogen) atoms. The lowest BCUT2D eigenvalue weighted by Crippen LogP contribution is -2.03. The number of pyridine rings is 1. The number of nitrogens with zero attached hydrogens (tertiary/aromatic N) is 5. The van der Waals surface area contributed by atoms with E-state index in [4.69, 9.17) is 14.4 Å². The zero-order chi connectivity index (χ0) is 44.0. The summed E-state index contributed by atoms with van der Waals surface area (Å²) < 4.78 is 10.7. The highest BCUT2D eigenvalue weighted by Gasteiger charge is 2.19. The molecule has 9 aromatic carbocycles. The second-order valence-electron chi connectivity index (χ2n) is 17.3. The van der Waals surface area contributed by atoms with Crippen LogP contribution in [0.5, 0.6) is 0 Å². The molecule has 0 radical (unpaired) electrons. The van der Waals surface area contributed by atoms with E-state index in [0.717, 1.165) is 88.5 Å². The highest BCUT2D eigenvalue weighted by Crippen LogP contribution is 2.40. The van der Waals surface area contributed by atoms with Gasteiger partial charge in [0.25, 0.3) is 0 Å². The lowest BCUT2D eigenvalue weighted by molar-refractivity contribution is 0.668. The van der Waals surface area contributed by atoms with Gasteiger partial charge in [0.15, 0.2) is 0 Å². The van der Waals surface area contributed by atoms with Crippen molar-refractivity contribution in [3.05, 3.63) is 225 Å². The van der Waals surface area contributed by atoms with E-state index in [9.17, 15) is 0 Å². The first-order valence-electron chi connectivity index (χ1n) is 22.6. The lowest BCUT2D eigenvalue weighted by atomic mass is 9.96. The van der Waals surface area contributed by atoms with E-state index >= 15 is 0 Å². The summed E-state index contributed by atoms with van der Waals surface area (Å²) >= 11 is 0. The van der Waals surface area contributed by atoms with Gasteiger partial charge in [-0.05, 0) is 112 Å². The molecule has 0 bridgehead atoms. The summed E-state index contributed by atoms with van der Waals surface area (Å²) in [5, 5.41) is 9.21. The van der Waals surface area contributed by atoms with E-state index < -0.39 is 0 Å². The number of hydrogen-bond donors (Lipinski definition) is 0. The Morgan fingerprint density at radius 3 is 1.46 bits per heavy atom. The molecule has 14 aromatic rings. The number of furan rings is 1. The average Bonchev–Trinajstić information content (AvgIpc) is 4.06. The summed E-state index contributed by atoms with van der Waals surface area (Å²) in [7, 11) is 0. The maximum Gasteiger partial charge on any atom is 0.235 e. The molecule has 0 unspecified atom stereocenters. The Labute approximate surface area is 384 Å². The molecule has 5 heterocycles. The van der Waals surface area contributed by atoms with Gasteiger partial charge in [0, 0.05) is 61.5 Å². The molecule has 14 rings (SSSR count). The van der Waals surface area contributed by atoms with Gasteiger partial charge in [-0.3, -0.25) is 9.55 Å². The van der Waals surface area contributed by atoms with Crippen LogP contribution in [0.3, 0.4) is 0 Å². The van der Waals surface area contributed by atoms with Crippen LogP contribution in [0.4, 0.5) is 0 Å². The number of rotatable bonds is 6. The predicted molar refractivity (Wildman–Crippen MR) is 275 cm³/mol. The normalized spacial score (nSPS) is 11.9. The van der Waals surface area contributed by atoms with Crippen LogP contribution in [0.1, 0.15) is 0 Å². The fraction of sp³-hybridized carbons (Fsp3) is 0. The second kappa shape index (κ2) is 14.7. The van der Waals surface area contributed by atoms with E-state index in [1.807, 2.05) is 24.4 Å². The van der Waals surface area contributed by atoms with Crippen LogP contribution in [-0.4, -0.2) is 24.1 Å². The van der Waals surface area contributed by atoms with Crippen molar-refractivity contribution in [3.63, 3.8) is 0 Å². The van der Waals surface area contributed by atoms with Gasteiger partial charge in [0.1, 0.15) is 11.2 Å². The van der Waals surface area contributed by atoms with Crippen molar-refractivity contribution < 1.29 is 4.42 Å². The maximum atomic E-state index is 6.14. The summed E-state index contributed by atoms with van der Waals surface area (Å²) in [5.74, 6) is 0.643. The molecule has 0 fully saturated rings. The van der Waals surface area contributed by atoms with Crippen molar-refractivity contribution in [2.75, 3.05) is 0 Å². The molecule has 312 valence electrons. The number of aromatic nitrogens is 5. The molecule has 6 nitrogen and oxygen atoms in total. The average molecular weight is 856 g/mol. The second-order valence-corrected chi connectivity index (χ2v) is 17.3. The van der Waals surface area contributed by atoms with Crippen LogP contribution in [0.15, 0.2) is 229 Å². The number of fused-ring (bicyclic) bond motifs is 10. The minimum Gasteiger partial charge on any atom is -0.456 e. The van der Waals surface area contributed by atoms with Crippen molar-refractivity contribution in [2.45, 2.75) is 0 Å². The molecule has 0 N–H and O–H groups in total. The van der Waals surface area contributed by atoms with Crippen molar-refractivity contribution in [1.29, 1.82) is 0 Å². The molecule has 0 amide bonds. The quantitative estimate of drug-likeness (QED) is 0.167. The Hall–Kier alpha value is -9.13. The standard InChI is InChI=1S/C61H37N5O/c1-3-11-38(12-4-1)53-36-54(39-13-5-2-6-14-39)64-61(63-53)66-56-18-10-8-16-48(56)50-34-45(24-27-58(50)66)43-22-20-40-31-42(21-19-41(40)32-43)44-23-26-57-49(33-44)47-15-7-9-17-55(47)65(57)46-25-28-59-51(35-46)52-37-62-30-29-60(52)67-59/h1-37H. The van der Waals surface area contributed by atoms with Gasteiger partial charge in [-0.15, -0.1) is 0 Å². The first-order valence-corrected chi connectivity index (χ1v) is 22.6. The smallest absolute Gasteiger partial charge is 0.235 e. The Kier molecular flexibility index (Phi) is 8.18. The van der Waals surface area contributed by atoms with Gasteiger partial charge in [-0.2, -0.15) is 0 Å². The zero-order valence-electron chi connectivity index (χ0n) is 36.0. The predicted octanol–water partition coefficient (Wildman–Crippen LogP) is 15.8. The highest BCUT2D eigenvalue weighted by atomic mass is 16.3.